The largest absolute Gasteiger partial charge is 0.512 e. The van der Waals surface area contributed by atoms with Crippen LogP contribution in [0.25, 0.3) is 33.1 Å². The molecule has 0 saturated carbocycles. The summed E-state index contributed by atoms with van der Waals surface area (Å²) in [7, 11) is 0. The van der Waals surface area contributed by atoms with E-state index in [1.165, 1.54) is 25.5 Å². The molecule has 0 aliphatic rings. The SMILES string of the molecule is CC(=O)/C=C(/C)O.Cc1c[c-]c(-c2nc3ccccc3c3ccoc23)cc1.[Ir]. The van der Waals surface area contributed by atoms with Crippen molar-refractivity contribution in [3.8, 4) is 11.3 Å². The smallest absolute Gasteiger partial charge is 0.155 e. The number of aromatic nitrogens is 1. The first-order valence-corrected chi connectivity index (χ1v) is 8.58. The summed E-state index contributed by atoms with van der Waals surface area (Å²) in [4.78, 5) is 14.8. The Balaban J connectivity index is 0.000000306. The fourth-order valence-electron chi connectivity index (χ4n) is 2.80. The van der Waals surface area contributed by atoms with Crippen molar-refractivity contribution >= 4 is 27.7 Å². The van der Waals surface area contributed by atoms with E-state index in [1.807, 2.05) is 36.4 Å². The Labute approximate surface area is 177 Å². The van der Waals surface area contributed by atoms with Gasteiger partial charge in [-0.25, -0.2) is 0 Å². The maximum atomic E-state index is 10.0. The van der Waals surface area contributed by atoms with Crippen molar-refractivity contribution in [2.45, 2.75) is 20.8 Å². The van der Waals surface area contributed by atoms with Gasteiger partial charge >= 0.3 is 0 Å². The number of carbonyl (C=O) groups is 1. The van der Waals surface area contributed by atoms with Crippen molar-refractivity contribution in [1.29, 1.82) is 0 Å². The molecular formula is C23H20IrNO3-. The van der Waals surface area contributed by atoms with E-state index in [0.29, 0.717) is 0 Å². The Bertz CT molecular complexity index is 1120. The van der Waals surface area contributed by atoms with Crippen molar-refractivity contribution in [2.24, 2.45) is 0 Å². The Morgan fingerprint density at radius 1 is 1.11 bits per heavy atom. The summed E-state index contributed by atoms with van der Waals surface area (Å²) in [6.07, 6.45) is 2.89. The molecular weight excluding hydrogens is 530 g/mol. The summed E-state index contributed by atoms with van der Waals surface area (Å²) in [6, 6.07) is 19.5. The number of hydrogen-bond acceptors (Lipinski definition) is 4. The number of benzene rings is 2. The van der Waals surface area contributed by atoms with Crippen LogP contribution in [0.2, 0.25) is 0 Å². The quantitative estimate of drug-likeness (QED) is 0.195. The second-order valence-corrected chi connectivity index (χ2v) is 6.32. The summed E-state index contributed by atoms with van der Waals surface area (Å²) in [5.41, 5.74) is 4.80. The number of pyridine rings is 1. The molecule has 4 aromatic rings. The van der Waals surface area contributed by atoms with Crippen LogP contribution in [0.5, 0.6) is 0 Å². The second kappa shape index (κ2) is 9.45. The van der Waals surface area contributed by atoms with E-state index in [2.05, 4.69) is 25.1 Å². The topological polar surface area (TPSA) is 63.3 Å². The number of nitrogens with zero attached hydrogens (tertiary/aromatic N) is 1. The first kappa shape index (κ1) is 21.5. The van der Waals surface area contributed by atoms with Crippen LogP contribution in [0.1, 0.15) is 19.4 Å². The van der Waals surface area contributed by atoms with Crippen LogP contribution >= 0.6 is 0 Å². The first-order chi connectivity index (χ1) is 13.0. The number of rotatable bonds is 2. The molecule has 0 fully saturated rings. The predicted molar refractivity (Wildman–Crippen MR) is 108 cm³/mol. The van der Waals surface area contributed by atoms with E-state index in [1.54, 1.807) is 6.26 Å². The predicted octanol–water partition coefficient (Wildman–Crippen LogP) is 5.79. The van der Waals surface area contributed by atoms with Gasteiger partial charge in [-0.2, -0.15) is 0 Å². The van der Waals surface area contributed by atoms with Gasteiger partial charge in [0.15, 0.2) is 5.78 Å². The number of hydrogen-bond donors (Lipinski definition) is 1. The van der Waals surface area contributed by atoms with Crippen LogP contribution in [-0.2, 0) is 24.9 Å². The van der Waals surface area contributed by atoms with E-state index < -0.39 is 0 Å². The molecule has 0 saturated heterocycles. The minimum absolute atomic E-state index is 0. The van der Waals surface area contributed by atoms with Crippen LogP contribution in [0.4, 0.5) is 0 Å². The van der Waals surface area contributed by atoms with Gasteiger partial charge in [0, 0.05) is 42.6 Å². The molecule has 0 spiro atoms. The standard InChI is InChI=1S/C18H12NO.C5H8O2.Ir/c1-12-6-8-13(9-7-12)17-18-15(10-11-20-18)14-4-2-3-5-16(14)19-17;1-4(6)3-5(2)7;/h2-8,10-11H,1H3;3,6H,1-2H3;/q-1;;/b;4-3-;. The summed E-state index contributed by atoms with van der Waals surface area (Å²) in [5.74, 6) is -0.0625. The third kappa shape index (κ3) is 4.94. The number of allylic oxidation sites excluding steroid dienone is 2. The van der Waals surface area contributed by atoms with E-state index >= 15 is 0 Å². The molecule has 28 heavy (non-hydrogen) atoms. The van der Waals surface area contributed by atoms with Crippen LogP contribution in [0.15, 0.2) is 71.0 Å². The molecule has 0 unspecified atom stereocenters. The van der Waals surface area contributed by atoms with Gasteiger partial charge in [0.05, 0.1) is 17.5 Å². The summed E-state index contributed by atoms with van der Waals surface area (Å²) < 4.78 is 5.66. The average Bonchev–Trinajstić information content (AvgIpc) is 3.11. The third-order valence-corrected chi connectivity index (χ3v) is 3.94. The average molecular weight is 551 g/mol. The van der Waals surface area contributed by atoms with Gasteiger partial charge in [-0.15, -0.1) is 35.4 Å². The molecule has 5 heteroatoms. The molecule has 1 radical (unpaired) electrons. The van der Waals surface area contributed by atoms with Crippen molar-refractivity contribution in [3.05, 3.63) is 78.3 Å². The number of carbonyl (C=O) groups excluding carboxylic acids is 1. The van der Waals surface area contributed by atoms with E-state index in [0.717, 1.165) is 33.1 Å². The van der Waals surface area contributed by atoms with E-state index in [-0.39, 0.29) is 31.6 Å². The van der Waals surface area contributed by atoms with Crippen LogP contribution < -0.4 is 0 Å². The molecule has 0 bridgehead atoms. The monoisotopic (exact) mass is 551 g/mol. The molecule has 145 valence electrons. The normalized spacial score (nSPS) is 10.9. The van der Waals surface area contributed by atoms with Gasteiger partial charge in [-0.3, -0.25) is 9.78 Å². The minimum Gasteiger partial charge on any atom is -0.512 e. The Morgan fingerprint density at radius 2 is 1.86 bits per heavy atom. The van der Waals surface area contributed by atoms with Crippen molar-refractivity contribution in [2.75, 3.05) is 0 Å². The number of fused-ring (bicyclic) bond motifs is 3. The first-order valence-electron chi connectivity index (χ1n) is 8.58. The number of aliphatic hydroxyl groups excluding tert-OH is 1. The van der Waals surface area contributed by atoms with Crippen LogP contribution in [0.3, 0.4) is 0 Å². The van der Waals surface area contributed by atoms with Crippen LogP contribution in [-0.4, -0.2) is 15.9 Å². The summed E-state index contributed by atoms with van der Waals surface area (Å²) in [5, 5.41) is 10.6. The Hall–Kier alpha value is -2.75. The van der Waals surface area contributed by atoms with Gasteiger partial charge in [-0.05, 0) is 26.0 Å². The molecule has 2 aromatic heterocycles. The maximum Gasteiger partial charge on any atom is 0.155 e. The van der Waals surface area contributed by atoms with Gasteiger partial charge in [0.25, 0.3) is 0 Å². The van der Waals surface area contributed by atoms with Gasteiger partial charge in [0.1, 0.15) is 5.58 Å². The summed E-state index contributed by atoms with van der Waals surface area (Å²) in [6.45, 7) is 4.90. The Kier molecular flexibility index (Phi) is 7.27. The van der Waals surface area contributed by atoms with E-state index in [9.17, 15) is 4.79 Å². The molecule has 2 aromatic carbocycles. The van der Waals surface area contributed by atoms with E-state index in [4.69, 9.17) is 14.5 Å². The van der Waals surface area contributed by atoms with Gasteiger partial charge in [-0.1, -0.05) is 25.1 Å². The van der Waals surface area contributed by atoms with Gasteiger partial charge < -0.3 is 9.52 Å². The van der Waals surface area contributed by atoms with Crippen LogP contribution in [0, 0.1) is 13.0 Å². The zero-order valence-corrected chi connectivity index (χ0v) is 18.2. The van der Waals surface area contributed by atoms with Crippen molar-refractivity contribution in [3.63, 3.8) is 0 Å². The molecule has 2 heterocycles. The second-order valence-electron chi connectivity index (χ2n) is 6.32. The Morgan fingerprint density at radius 3 is 2.46 bits per heavy atom. The number of aliphatic hydroxyl groups is 1. The molecule has 4 nitrogen and oxygen atoms in total. The fraction of sp³-hybridized carbons (Fsp3) is 0.130. The molecule has 1 N–H and O–H groups in total. The minimum atomic E-state index is -0.125. The molecule has 4 rings (SSSR count). The molecule has 0 amide bonds. The molecule has 0 atom stereocenters. The number of ketones is 1. The number of furan rings is 1. The third-order valence-electron chi connectivity index (χ3n) is 3.94. The molecule has 0 aliphatic carbocycles. The zero-order chi connectivity index (χ0) is 19.4. The molecule has 0 aliphatic heterocycles. The van der Waals surface area contributed by atoms with Gasteiger partial charge in [0.2, 0.25) is 0 Å². The fourth-order valence-corrected chi connectivity index (χ4v) is 2.80. The zero-order valence-electron chi connectivity index (χ0n) is 15.8. The number of para-hydroxylation sites is 1. The maximum absolute atomic E-state index is 10.0. The summed E-state index contributed by atoms with van der Waals surface area (Å²) >= 11 is 0. The van der Waals surface area contributed by atoms with Crippen molar-refractivity contribution < 1.29 is 34.4 Å². The van der Waals surface area contributed by atoms with Crippen molar-refractivity contribution in [1.82, 2.24) is 4.98 Å². The number of aryl methyl sites for hydroxylation is 1.